The van der Waals surface area contributed by atoms with Gasteiger partial charge in [0.2, 0.25) is 0 Å². The van der Waals surface area contributed by atoms with Gasteiger partial charge in [-0.25, -0.2) is 0 Å². The number of furan rings is 1. The van der Waals surface area contributed by atoms with Crippen LogP contribution in [0.2, 0.25) is 0 Å². The fourth-order valence-electron chi connectivity index (χ4n) is 2.69. The first-order valence-electron chi connectivity index (χ1n) is 7.68. The fraction of sp³-hybridized carbons (Fsp3) is 0.412. The highest BCUT2D eigenvalue weighted by Crippen LogP contribution is 2.22. The largest absolute Gasteiger partial charge is 0.465 e. The van der Waals surface area contributed by atoms with E-state index in [1.165, 1.54) is 0 Å². The van der Waals surface area contributed by atoms with E-state index in [0.717, 1.165) is 30.8 Å². The Morgan fingerprint density at radius 3 is 3.05 bits per heavy atom. The molecule has 0 fully saturated rings. The number of amides is 1. The van der Waals surface area contributed by atoms with Crippen molar-refractivity contribution in [1.82, 2.24) is 14.7 Å². The molecule has 1 aliphatic heterocycles. The molecule has 22 heavy (non-hydrogen) atoms. The van der Waals surface area contributed by atoms with Gasteiger partial charge in [0, 0.05) is 31.4 Å². The van der Waals surface area contributed by atoms with Crippen molar-refractivity contribution in [1.29, 1.82) is 0 Å². The number of rotatable bonds is 4. The van der Waals surface area contributed by atoms with E-state index in [0.29, 0.717) is 18.0 Å². The van der Waals surface area contributed by atoms with Gasteiger partial charge in [0.15, 0.2) is 0 Å². The van der Waals surface area contributed by atoms with Gasteiger partial charge in [0.25, 0.3) is 5.91 Å². The average Bonchev–Trinajstić information content (AvgIpc) is 3.17. The summed E-state index contributed by atoms with van der Waals surface area (Å²) >= 11 is 0. The summed E-state index contributed by atoms with van der Waals surface area (Å²) in [6.07, 6.45) is 8.16. The normalized spacial score (nSPS) is 15.2. The zero-order valence-corrected chi connectivity index (χ0v) is 13.0. The molecule has 0 bridgehead atoms. The summed E-state index contributed by atoms with van der Waals surface area (Å²) in [4.78, 5) is 14.5. The van der Waals surface area contributed by atoms with Crippen LogP contribution in [0.4, 0.5) is 0 Å². The molecule has 3 heterocycles. The molecule has 0 N–H and O–H groups in total. The average molecular weight is 299 g/mol. The van der Waals surface area contributed by atoms with Crippen molar-refractivity contribution < 1.29 is 9.21 Å². The minimum atomic E-state index is 0.0344. The number of hydrogen-bond donors (Lipinski definition) is 0. The maximum absolute atomic E-state index is 12.6. The van der Waals surface area contributed by atoms with Gasteiger partial charge in [-0.3, -0.25) is 9.48 Å². The molecule has 0 aliphatic carbocycles. The molecule has 2 aromatic heterocycles. The summed E-state index contributed by atoms with van der Waals surface area (Å²) < 4.78 is 7.27. The number of carbonyl (C=O) groups is 1. The lowest BCUT2D eigenvalue weighted by atomic mass is 10.1. The number of aromatic nitrogens is 2. The van der Waals surface area contributed by atoms with Crippen LogP contribution in [0.25, 0.3) is 5.57 Å². The Morgan fingerprint density at radius 1 is 1.45 bits per heavy atom. The molecular formula is C17H21N3O2. The zero-order chi connectivity index (χ0) is 15.5. The molecule has 2 aromatic rings. The first-order valence-corrected chi connectivity index (χ1v) is 7.68. The standard InChI is InChI=1S/C17H21N3O2/c1-13(2)10-20-12-15(9-18-20)17(21)19-7-3-5-14(11-19)16-6-4-8-22-16/h4-6,8-9,12-13H,3,7,10-11H2,1-2H3. The van der Waals surface area contributed by atoms with Crippen molar-refractivity contribution in [3.63, 3.8) is 0 Å². The maximum Gasteiger partial charge on any atom is 0.257 e. The molecule has 0 unspecified atom stereocenters. The lowest BCUT2D eigenvalue weighted by molar-refractivity contribution is 0.0774. The van der Waals surface area contributed by atoms with Gasteiger partial charge in [-0.2, -0.15) is 5.10 Å². The Morgan fingerprint density at radius 2 is 2.32 bits per heavy atom. The molecule has 0 spiro atoms. The highest BCUT2D eigenvalue weighted by molar-refractivity contribution is 5.94. The molecule has 1 amide bonds. The third-order valence-electron chi connectivity index (χ3n) is 3.71. The van der Waals surface area contributed by atoms with Crippen molar-refractivity contribution in [2.75, 3.05) is 13.1 Å². The molecule has 1 aliphatic rings. The first-order chi connectivity index (χ1) is 10.6. The van der Waals surface area contributed by atoms with Crippen LogP contribution in [-0.4, -0.2) is 33.7 Å². The van der Waals surface area contributed by atoms with Crippen molar-refractivity contribution in [2.45, 2.75) is 26.8 Å². The second-order valence-corrected chi connectivity index (χ2v) is 6.07. The highest BCUT2D eigenvalue weighted by atomic mass is 16.3. The van der Waals surface area contributed by atoms with Crippen molar-refractivity contribution in [2.24, 2.45) is 5.92 Å². The van der Waals surface area contributed by atoms with Crippen LogP contribution in [0, 0.1) is 5.92 Å². The highest BCUT2D eigenvalue weighted by Gasteiger charge is 2.22. The topological polar surface area (TPSA) is 51.3 Å². The SMILES string of the molecule is CC(C)Cn1cc(C(=O)N2CCC=C(c3ccco3)C2)cn1. The Hall–Kier alpha value is -2.30. The summed E-state index contributed by atoms with van der Waals surface area (Å²) in [6, 6.07) is 3.80. The molecular weight excluding hydrogens is 278 g/mol. The number of carbonyl (C=O) groups excluding carboxylic acids is 1. The van der Waals surface area contributed by atoms with Gasteiger partial charge in [0.1, 0.15) is 5.76 Å². The number of hydrogen-bond acceptors (Lipinski definition) is 3. The smallest absolute Gasteiger partial charge is 0.257 e. The molecule has 116 valence electrons. The minimum Gasteiger partial charge on any atom is -0.465 e. The third kappa shape index (κ3) is 3.13. The summed E-state index contributed by atoms with van der Waals surface area (Å²) in [5.41, 5.74) is 1.72. The van der Waals surface area contributed by atoms with E-state index in [4.69, 9.17) is 4.42 Å². The van der Waals surface area contributed by atoms with Crippen LogP contribution in [0.1, 0.15) is 36.4 Å². The Balaban J connectivity index is 1.70. The molecule has 0 radical (unpaired) electrons. The second-order valence-electron chi connectivity index (χ2n) is 6.07. The summed E-state index contributed by atoms with van der Waals surface area (Å²) in [5.74, 6) is 1.38. The van der Waals surface area contributed by atoms with Crippen molar-refractivity contribution in [3.8, 4) is 0 Å². The lowest BCUT2D eigenvalue weighted by Gasteiger charge is -2.26. The first kappa shape index (κ1) is 14.6. The van der Waals surface area contributed by atoms with Crippen LogP contribution in [0.15, 0.2) is 41.3 Å². The van der Waals surface area contributed by atoms with E-state index >= 15 is 0 Å². The molecule has 3 rings (SSSR count). The van der Waals surface area contributed by atoms with E-state index in [1.54, 1.807) is 12.5 Å². The lowest BCUT2D eigenvalue weighted by Crippen LogP contribution is -2.35. The maximum atomic E-state index is 12.6. The van der Waals surface area contributed by atoms with Gasteiger partial charge < -0.3 is 9.32 Å². The van der Waals surface area contributed by atoms with E-state index in [9.17, 15) is 4.79 Å². The van der Waals surface area contributed by atoms with E-state index in [2.05, 4.69) is 25.0 Å². The third-order valence-corrected chi connectivity index (χ3v) is 3.71. The van der Waals surface area contributed by atoms with Crippen molar-refractivity contribution >= 4 is 11.5 Å². The van der Waals surface area contributed by atoms with Crippen LogP contribution >= 0.6 is 0 Å². The van der Waals surface area contributed by atoms with Crippen LogP contribution in [0.5, 0.6) is 0 Å². The fourth-order valence-corrected chi connectivity index (χ4v) is 2.69. The summed E-state index contributed by atoms with van der Waals surface area (Å²) in [7, 11) is 0. The van der Waals surface area contributed by atoms with Gasteiger partial charge in [-0.1, -0.05) is 19.9 Å². The number of nitrogens with zero attached hydrogens (tertiary/aromatic N) is 3. The van der Waals surface area contributed by atoms with E-state index in [-0.39, 0.29) is 5.91 Å². The Labute approximate surface area is 130 Å². The van der Waals surface area contributed by atoms with Gasteiger partial charge in [-0.15, -0.1) is 0 Å². The van der Waals surface area contributed by atoms with Crippen LogP contribution in [-0.2, 0) is 6.54 Å². The molecule has 0 saturated heterocycles. The minimum absolute atomic E-state index is 0.0344. The summed E-state index contributed by atoms with van der Waals surface area (Å²) in [6.45, 7) is 6.41. The monoisotopic (exact) mass is 299 g/mol. The molecule has 0 aromatic carbocycles. The van der Waals surface area contributed by atoms with Crippen LogP contribution < -0.4 is 0 Å². The van der Waals surface area contributed by atoms with Gasteiger partial charge in [0.05, 0.1) is 18.0 Å². The predicted octanol–water partition coefficient (Wildman–Crippen LogP) is 3.06. The molecule has 5 nitrogen and oxygen atoms in total. The quantitative estimate of drug-likeness (QED) is 0.872. The molecule has 0 saturated carbocycles. The van der Waals surface area contributed by atoms with E-state index < -0.39 is 0 Å². The Bertz CT molecular complexity index is 668. The van der Waals surface area contributed by atoms with Crippen LogP contribution in [0.3, 0.4) is 0 Å². The molecule has 0 atom stereocenters. The second kappa shape index (κ2) is 6.22. The molecule has 5 heteroatoms. The van der Waals surface area contributed by atoms with Gasteiger partial charge in [-0.05, 0) is 24.5 Å². The van der Waals surface area contributed by atoms with Crippen molar-refractivity contribution in [3.05, 3.63) is 48.2 Å². The summed E-state index contributed by atoms with van der Waals surface area (Å²) in [5, 5.41) is 4.28. The predicted molar refractivity (Wildman–Crippen MR) is 84.3 cm³/mol. The van der Waals surface area contributed by atoms with Gasteiger partial charge >= 0.3 is 0 Å². The van der Waals surface area contributed by atoms with E-state index in [1.807, 2.05) is 27.9 Å². The Kier molecular flexibility index (Phi) is 4.13. The zero-order valence-electron chi connectivity index (χ0n) is 13.0.